The molecule has 0 aromatic carbocycles. The minimum atomic E-state index is -0.169. The van der Waals surface area contributed by atoms with Crippen LogP contribution in [0.25, 0.3) is 34.3 Å². The van der Waals surface area contributed by atoms with Crippen LogP contribution in [-0.2, 0) is 13.6 Å². The molecule has 11 heteroatoms. The molecule has 2 bridgehead atoms. The van der Waals surface area contributed by atoms with Gasteiger partial charge in [-0.05, 0) is 53.0 Å². The fraction of sp³-hybridized carbons (Fsp3) is 0.462. The van der Waals surface area contributed by atoms with E-state index in [0.717, 1.165) is 56.3 Å². The molecule has 1 aliphatic rings. The third-order valence-corrected chi connectivity index (χ3v) is 6.86. The van der Waals surface area contributed by atoms with Gasteiger partial charge in [-0.1, -0.05) is 0 Å². The molecule has 2 atom stereocenters. The van der Waals surface area contributed by atoms with Gasteiger partial charge in [0.1, 0.15) is 11.6 Å². The number of hydrogen-bond donors (Lipinski definition) is 3. The largest absolute Gasteiger partial charge is 0.473 e. The molecule has 0 radical (unpaired) electrons. The molecular formula is C26H35N9O2. The lowest BCUT2D eigenvalue weighted by Crippen LogP contribution is -2.32. The van der Waals surface area contributed by atoms with Gasteiger partial charge in [0.2, 0.25) is 5.88 Å². The number of pyridine rings is 1. The summed E-state index contributed by atoms with van der Waals surface area (Å²) in [5.74, 6) is 1.45. The van der Waals surface area contributed by atoms with Crippen LogP contribution >= 0.6 is 0 Å². The van der Waals surface area contributed by atoms with Crippen molar-refractivity contribution in [3.05, 3.63) is 34.4 Å². The first kappa shape index (κ1) is 25.0. The molecule has 5 rings (SSSR count). The molecule has 4 aromatic heterocycles. The van der Waals surface area contributed by atoms with Gasteiger partial charge in [0.25, 0.3) is 0 Å². The number of aromatic amines is 1. The van der Waals surface area contributed by atoms with Crippen molar-refractivity contribution in [1.29, 1.82) is 0 Å². The summed E-state index contributed by atoms with van der Waals surface area (Å²) in [6.07, 6.45) is 3.97. The number of aromatic nitrogens is 7. The van der Waals surface area contributed by atoms with Crippen molar-refractivity contribution < 1.29 is 9.84 Å². The van der Waals surface area contributed by atoms with Crippen molar-refractivity contribution in [2.45, 2.75) is 46.4 Å². The SMILES string of the molecule is CNc1nn([C@@H](C)CO)c2c1/C=C/c1[nH]nc3c(C)nc(cc13)-c1c(C)nn(C)c1OC(C)CN(C)C2. The molecule has 1 aliphatic heterocycles. The van der Waals surface area contributed by atoms with Crippen molar-refractivity contribution in [3.8, 4) is 17.1 Å². The summed E-state index contributed by atoms with van der Waals surface area (Å²) in [5.41, 5.74) is 7.05. The molecule has 0 aliphatic carbocycles. The first-order chi connectivity index (χ1) is 17.7. The number of nitrogens with one attached hydrogen (secondary N) is 2. The topological polar surface area (TPSA) is 122 Å². The lowest BCUT2D eigenvalue weighted by atomic mass is 10.1. The highest BCUT2D eigenvalue weighted by molar-refractivity contribution is 5.94. The number of aryl methyl sites for hydroxylation is 3. The Morgan fingerprint density at radius 3 is 2.73 bits per heavy atom. The van der Waals surface area contributed by atoms with Crippen LogP contribution in [0.5, 0.6) is 5.88 Å². The Balaban J connectivity index is 1.75. The number of H-pyrrole nitrogens is 1. The van der Waals surface area contributed by atoms with E-state index in [1.54, 1.807) is 4.68 Å². The zero-order chi connectivity index (χ0) is 26.4. The first-order valence-corrected chi connectivity index (χ1v) is 12.5. The number of rotatable bonds is 3. The van der Waals surface area contributed by atoms with Crippen LogP contribution in [0.4, 0.5) is 5.82 Å². The van der Waals surface area contributed by atoms with Gasteiger partial charge in [-0.2, -0.15) is 15.3 Å². The smallest absolute Gasteiger partial charge is 0.221 e. The summed E-state index contributed by atoms with van der Waals surface area (Å²) in [7, 11) is 5.82. The molecule has 5 heterocycles. The van der Waals surface area contributed by atoms with Crippen molar-refractivity contribution in [1.82, 2.24) is 39.6 Å². The Hall–Kier alpha value is -3.70. The highest BCUT2D eigenvalue weighted by atomic mass is 16.5. The molecule has 0 spiro atoms. The third kappa shape index (κ3) is 4.38. The Morgan fingerprint density at radius 2 is 2.00 bits per heavy atom. The second-order valence-electron chi connectivity index (χ2n) is 9.91. The second-order valence-corrected chi connectivity index (χ2v) is 9.91. The number of aliphatic hydroxyl groups is 1. The normalized spacial score (nSPS) is 18.1. The summed E-state index contributed by atoms with van der Waals surface area (Å²) in [6, 6.07) is 1.88. The molecule has 11 nitrogen and oxygen atoms in total. The van der Waals surface area contributed by atoms with E-state index in [4.69, 9.17) is 14.8 Å². The van der Waals surface area contributed by atoms with E-state index >= 15 is 0 Å². The van der Waals surface area contributed by atoms with Crippen LogP contribution in [0.1, 0.15) is 48.2 Å². The number of fused-ring (bicyclic) bond motifs is 4. The standard InChI is InChI=1S/C26H35N9O2/c1-14(13-36)35-22-12-33(6)11-15(2)37-26-23(16(3)31-34(26)7)21-10-19-20(29-30-24(19)17(4)28-21)9-8-18(22)25(27-5)32-35/h8-10,14-15,36H,11-13H2,1-7H3,(H,27,32)(H,29,30)/b9-8+/t14-,15?/m0/s1. The number of anilines is 1. The molecule has 3 N–H and O–H groups in total. The maximum atomic E-state index is 9.93. The molecule has 0 saturated carbocycles. The van der Waals surface area contributed by atoms with E-state index in [1.807, 2.05) is 45.6 Å². The number of likely N-dealkylation sites (N-methyl/N-ethyl adjacent to an activating group) is 1. The van der Waals surface area contributed by atoms with Gasteiger partial charge in [0.05, 0.1) is 46.7 Å². The van der Waals surface area contributed by atoms with E-state index in [2.05, 4.69) is 51.6 Å². The zero-order valence-corrected chi connectivity index (χ0v) is 22.5. The van der Waals surface area contributed by atoms with E-state index in [-0.39, 0.29) is 18.8 Å². The van der Waals surface area contributed by atoms with Gasteiger partial charge in [-0.25, -0.2) is 4.68 Å². The minimum absolute atomic E-state index is 0.00687. The van der Waals surface area contributed by atoms with E-state index < -0.39 is 0 Å². The van der Waals surface area contributed by atoms with Crippen LogP contribution in [-0.4, -0.2) is 78.1 Å². The van der Waals surface area contributed by atoms with Gasteiger partial charge in [0.15, 0.2) is 5.82 Å². The molecule has 4 aromatic rings. The molecule has 0 fully saturated rings. The number of aliphatic hydroxyl groups excluding tert-OH is 1. The summed E-state index contributed by atoms with van der Waals surface area (Å²) in [6.45, 7) is 9.26. The van der Waals surface area contributed by atoms with Crippen molar-refractivity contribution in [2.24, 2.45) is 7.05 Å². The summed E-state index contributed by atoms with van der Waals surface area (Å²) in [4.78, 5) is 7.09. The second kappa shape index (κ2) is 9.64. The maximum Gasteiger partial charge on any atom is 0.221 e. The van der Waals surface area contributed by atoms with Crippen molar-refractivity contribution in [2.75, 3.05) is 32.6 Å². The van der Waals surface area contributed by atoms with E-state index in [0.29, 0.717) is 19.0 Å². The third-order valence-electron chi connectivity index (χ3n) is 6.86. The highest BCUT2D eigenvalue weighted by Crippen LogP contribution is 2.36. The lowest BCUT2D eigenvalue weighted by molar-refractivity contribution is 0.145. The highest BCUT2D eigenvalue weighted by Gasteiger charge is 2.25. The summed E-state index contributed by atoms with van der Waals surface area (Å²) < 4.78 is 10.2. The summed E-state index contributed by atoms with van der Waals surface area (Å²) in [5, 5.41) is 31.3. The quantitative estimate of drug-likeness (QED) is 0.388. The van der Waals surface area contributed by atoms with E-state index in [1.165, 1.54) is 0 Å². The minimum Gasteiger partial charge on any atom is -0.473 e. The molecular weight excluding hydrogens is 470 g/mol. The van der Waals surface area contributed by atoms with Crippen LogP contribution in [0.3, 0.4) is 0 Å². The van der Waals surface area contributed by atoms with Crippen LogP contribution in [0.15, 0.2) is 6.07 Å². The zero-order valence-electron chi connectivity index (χ0n) is 22.5. The maximum absolute atomic E-state index is 9.93. The Labute approximate surface area is 216 Å². The van der Waals surface area contributed by atoms with Crippen molar-refractivity contribution >= 4 is 28.9 Å². The Bertz CT molecular complexity index is 1480. The fourth-order valence-corrected chi connectivity index (χ4v) is 5.11. The average Bonchev–Trinajstić information content (AvgIpc) is 3.50. The average molecular weight is 506 g/mol. The van der Waals surface area contributed by atoms with Gasteiger partial charge in [-0.3, -0.25) is 19.7 Å². The lowest BCUT2D eigenvalue weighted by Gasteiger charge is -2.24. The van der Waals surface area contributed by atoms with Gasteiger partial charge in [-0.15, -0.1) is 0 Å². The summed E-state index contributed by atoms with van der Waals surface area (Å²) >= 11 is 0. The molecule has 1 unspecified atom stereocenters. The van der Waals surface area contributed by atoms with Crippen LogP contribution < -0.4 is 10.1 Å². The first-order valence-electron chi connectivity index (χ1n) is 12.5. The number of ether oxygens (including phenoxy) is 1. The molecule has 0 saturated heterocycles. The molecule has 37 heavy (non-hydrogen) atoms. The number of hydrogen-bond acceptors (Lipinski definition) is 8. The van der Waals surface area contributed by atoms with Crippen LogP contribution in [0, 0.1) is 13.8 Å². The monoisotopic (exact) mass is 505 g/mol. The van der Waals surface area contributed by atoms with E-state index in [9.17, 15) is 5.11 Å². The predicted molar refractivity (Wildman–Crippen MR) is 144 cm³/mol. The van der Waals surface area contributed by atoms with Gasteiger partial charge >= 0.3 is 0 Å². The predicted octanol–water partition coefficient (Wildman–Crippen LogP) is 3.15. The van der Waals surface area contributed by atoms with Gasteiger partial charge < -0.3 is 15.2 Å². The molecule has 196 valence electrons. The fourth-order valence-electron chi connectivity index (χ4n) is 5.11. The Morgan fingerprint density at radius 1 is 1.22 bits per heavy atom. The van der Waals surface area contributed by atoms with Gasteiger partial charge in [0, 0.05) is 38.1 Å². The number of nitrogens with zero attached hydrogens (tertiary/aromatic N) is 7. The van der Waals surface area contributed by atoms with Crippen molar-refractivity contribution in [3.63, 3.8) is 0 Å². The Kier molecular flexibility index (Phi) is 6.50. The van der Waals surface area contributed by atoms with Crippen LogP contribution in [0.2, 0.25) is 0 Å². The molecule has 0 amide bonds.